The third-order valence-electron chi connectivity index (χ3n) is 3.13. The molecule has 1 fully saturated rings. The molecule has 3 heterocycles. The van der Waals surface area contributed by atoms with Crippen molar-refractivity contribution in [1.29, 1.82) is 0 Å². The van der Waals surface area contributed by atoms with Gasteiger partial charge in [0, 0.05) is 0 Å². The Labute approximate surface area is 125 Å². The Balaban J connectivity index is 1.90. The van der Waals surface area contributed by atoms with Crippen molar-refractivity contribution in [2.75, 3.05) is 0 Å². The van der Waals surface area contributed by atoms with E-state index in [0.29, 0.717) is 17.3 Å². The first kappa shape index (κ1) is 13.9. The van der Waals surface area contributed by atoms with Gasteiger partial charge in [-0.05, 0) is 37.3 Å². The summed E-state index contributed by atoms with van der Waals surface area (Å²) in [6, 6.07) is 5.85. The van der Waals surface area contributed by atoms with E-state index in [4.69, 9.17) is 8.83 Å². The summed E-state index contributed by atoms with van der Waals surface area (Å²) in [6.07, 6.45) is 2.75. The monoisotopic (exact) mass is 300 g/mol. The molecular weight excluding hydrogens is 288 g/mol. The van der Waals surface area contributed by atoms with Gasteiger partial charge in [-0.15, -0.1) is 0 Å². The molecule has 0 unspecified atom stereocenters. The van der Waals surface area contributed by atoms with Gasteiger partial charge >= 0.3 is 6.03 Å². The van der Waals surface area contributed by atoms with Crippen molar-refractivity contribution in [3.63, 3.8) is 0 Å². The summed E-state index contributed by atoms with van der Waals surface area (Å²) in [5, 5.41) is 2.12. The van der Waals surface area contributed by atoms with E-state index in [1.54, 1.807) is 31.2 Å². The van der Waals surface area contributed by atoms with Crippen LogP contribution in [0.4, 0.5) is 4.79 Å². The summed E-state index contributed by atoms with van der Waals surface area (Å²) in [5.41, 5.74) is -0.166. The summed E-state index contributed by atoms with van der Waals surface area (Å²) in [7, 11) is 0. The highest BCUT2D eigenvalue weighted by Gasteiger charge is 2.36. The largest absolute Gasteiger partial charge is 0.467 e. The van der Waals surface area contributed by atoms with E-state index in [-0.39, 0.29) is 12.1 Å². The van der Waals surface area contributed by atoms with Gasteiger partial charge < -0.3 is 8.83 Å². The van der Waals surface area contributed by atoms with Crippen LogP contribution in [0.5, 0.6) is 0 Å². The molecule has 7 nitrogen and oxygen atoms in total. The Bertz CT molecular complexity index is 770. The lowest BCUT2D eigenvalue weighted by molar-refractivity contribution is -0.130. The molecule has 1 aliphatic heterocycles. The smallest absolute Gasteiger partial charge is 0.331 e. The van der Waals surface area contributed by atoms with Crippen LogP contribution >= 0.6 is 0 Å². The van der Waals surface area contributed by atoms with E-state index in [0.717, 1.165) is 4.90 Å². The van der Waals surface area contributed by atoms with Crippen LogP contribution in [0.2, 0.25) is 0 Å². The summed E-state index contributed by atoms with van der Waals surface area (Å²) >= 11 is 0. The molecule has 0 radical (unpaired) electrons. The fourth-order valence-electron chi connectivity index (χ4n) is 2.07. The number of hydrogen-bond acceptors (Lipinski definition) is 5. The molecule has 4 amide bonds. The summed E-state index contributed by atoms with van der Waals surface area (Å²) in [5.74, 6) is 0.00678. The van der Waals surface area contributed by atoms with E-state index in [1.165, 1.54) is 12.3 Å². The highest BCUT2D eigenvalue weighted by Crippen LogP contribution is 2.18. The number of rotatable bonds is 3. The molecule has 2 aromatic rings. The first-order chi connectivity index (χ1) is 10.5. The van der Waals surface area contributed by atoms with E-state index in [1.807, 2.05) is 0 Å². The molecule has 22 heavy (non-hydrogen) atoms. The van der Waals surface area contributed by atoms with Gasteiger partial charge in [0.1, 0.15) is 22.9 Å². The molecule has 0 saturated carbocycles. The molecule has 0 aliphatic carbocycles. The van der Waals surface area contributed by atoms with Crippen LogP contribution in [0.15, 0.2) is 44.9 Å². The number of carbonyl (C=O) groups excluding carboxylic acids is 3. The van der Waals surface area contributed by atoms with Crippen molar-refractivity contribution >= 4 is 23.9 Å². The third-order valence-corrected chi connectivity index (χ3v) is 3.13. The van der Waals surface area contributed by atoms with Gasteiger partial charge in [0.25, 0.3) is 11.8 Å². The zero-order chi connectivity index (χ0) is 15.7. The predicted molar refractivity (Wildman–Crippen MR) is 74.2 cm³/mol. The predicted octanol–water partition coefficient (Wildman–Crippen LogP) is 1.84. The second-order valence-electron chi connectivity index (χ2n) is 4.74. The van der Waals surface area contributed by atoms with Crippen LogP contribution in [0.25, 0.3) is 6.08 Å². The van der Waals surface area contributed by atoms with Gasteiger partial charge in [-0.25, -0.2) is 4.79 Å². The minimum absolute atomic E-state index is 0.0561. The van der Waals surface area contributed by atoms with Gasteiger partial charge in [0.2, 0.25) is 0 Å². The van der Waals surface area contributed by atoms with Gasteiger partial charge in [0.05, 0.1) is 12.8 Å². The van der Waals surface area contributed by atoms with Crippen LogP contribution in [0.1, 0.15) is 17.3 Å². The highest BCUT2D eigenvalue weighted by molar-refractivity contribution is 6.30. The minimum Gasteiger partial charge on any atom is -0.467 e. The zero-order valence-corrected chi connectivity index (χ0v) is 11.7. The molecule has 112 valence electrons. The topological polar surface area (TPSA) is 92.8 Å². The average Bonchev–Trinajstić information content (AvgIpc) is 3.11. The fourth-order valence-corrected chi connectivity index (χ4v) is 2.07. The van der Waals surface area contributed by atoms with Gasteiger partial charge in [0.15, 0.2) is 0 Å². The lowest BCUT2D eigenvalue weighted by Gasteiger charge is -2.25. The van der Waals surface area contributed by atoms with Crippen molar-refractivity contribution in [1.82, 2.24) is 10.2 Å². The van der Waals surface area contributed by atoms with E-state index >= 15 is 0 Å². The number of aryl methyl sites for hydroxylation is 1. The van der Waals surface area contributed by atoms with Crippen LogP contribution < -0.4 is 5.32 Å². The normalized spacial score (nSPS) is 17.2. The summed E-state index contributed by atoms with van der Waals surface area (Å²) in [4.78, 5) is 37.0. The number of imide groups is 2. The Morgan fingerprint density at radius 1 is 1.23 bits per heavy atom. The van der Waals surface area contributed by atoms with E-state index < -0.39 is 17.8 Å². The lowest BCUT2D eigenvalue weighted by atomic mass is 10.1. The SMILES string of the molecule is Cc1ccc(/C=C2/C(=O)NC(=O)N(Cc3ccco3)C2=O)o1. The summed E-state index contributed by atoms with van der Waals surface area (Å²) in [6.45, 7) is 1.69. The van der Waals surface area contributed by atoms with Crippen molar-refractivity contribution in [3.05, 3.63) is 53.4 Å². The highest BCUT2D eigenvalue weighted by atomic mass is 16.3. The number of furan rings is 2. The molecule has 0 bridgehead atoms. The number of nitrogens with one attached hydrogen (secondary N) is 1. The molecule has 3 rings (SSSR count). The summed E-state index contributed by atoms with van der Waals surface area (Å²) < 4.78 is 10.4. The van der Waals surface area contributed by atoms with Gasteiger partial charge in [-0.2, -0.15) is 0 Å². The first-order valence-electron chi connectivity index (χ1n) is 6.52. The fraction of sp³-hybridized carbons (Fsp3) is 0.133. The van der Waals surface area contributed by atoms with Gasteiger partial charge in [-0.3, -0.25) is 19.8 Å². The molecule has 7 heteroatoms. The maximum atomic E-state index is 12.4. The Kier molecular flexibility index (Phi) is 3.38. The van der Waals surface area contributed by atoms with Crippen LogP contribution in [-0.4, -0.2) is 22.7 Å². The molecule has 1 aliphatic rings. The number of carbonyl (C=O) groups is 3. The van der Waals surface area contributed by atoms with Crippen LogP contribution in [0, 0.1) is 6.92 Å². The second kappa shape index (κ2) is 5.36. The number of urea groups is 1. The number of nitrogens with zero attached hydrogens (tertiary/aromatic N) is 1. The molecule has 0 spiro atoms. The molecule has 1 N–H and O–H groups in total. The van der Waals surface area contributed by atoms with E-state index in [2.05, 4.69) is 5.32 Å². The average molecular weight is 300 g/mol. The molecular formula is C15H12N2O5. The standard InChI is InChI=1S/C15H12N2O5/c1-9-4-5-10(22-9)7-12-13(18)16-15(20)17(14(12)19)8-11-3-2-6-21-11/h2-7H,8H2,1H3,(H,16,18,20)/b12-7-. The minimum atomic E-state index is -0.779. The number of barbiturate groups is 1. The van der Waals surface area contributed by atoms with Crippen molar-refractivity contribution in [2.24, 2.45) is 0 Å². The van der Waals surface area contributed by atoms with Crippen molar-refractivity contribution in [2.45, 2.75) is 13.5 Å². The first-order valence-corrected chi connectivity index (χ1v) is 6.52. The molecule has 0 atom stereocenters. The van der Waals surface area contributed by atoms with E-state index in [9.17, 15) is 14.4 Å². The Morgan fingerprint density at radius 3 is 2.68 bits per heavy atom. The zero-order valence-electron chi connectivity index (χ0n) is 11.7. The van der Waals surface area contributed by atoms with Crippen molar-refractivity contribution in [3.8, 4) is 0 Å². The number of hydrogen-bond donors (Lipinski definition) is 1. The van der Waals surface area contributed by atoms with Crippen LogP contribution in [-0.2, 0) is 16.1 Å². The Morgan fingerprint density at radius 2 is 2.05 bits per heavy atom. The molecule has 0 aromatic carbocycles. The van der Waals surface area contributed by atoms with Gasteiger partial charge in [-0.1, -0.05) is 0 Å². The maximum Gasteiger partial charge on any atom is 0.331 e. The number of amides is 4. The second-order valence-corrected chi connectivity index (χ2v) is 4.74. The van der Waals surface area contributed by atoms with Crippen LogP contribution in [0.3, 0.4) is 0 Å². The maximum absolute atomic E-state index is 12.4. The molecule has 1 saturated heterocycles. The third kappa shape index (κ3) is 2.56. The Hall–Kier alpha value is -3.09. The molecule has 2 aromatic heterocycles. The lowest BCUT2D eigenvalue weighted by Crippen LogP contribution is -2.53. The quantitative estimate of drug-likeness (QED) is 0.689. The van der Waals surface area contributed by atoms with Crippen molar-refractivity contribution < 1.29 is 23.2 Å².